The second-order valence-electron chi connectivity index (χ2n) is 8.12. The molecule has 2 amide bonds. The number of pyridine rings is 1. The Morgan fingerprint density at radius 3 is 2.60 bits per heavy atom. The Morgan fingerprint density at radius 2 is 1.82 bits per heavy atom. The molecule has 10 nitrogen and oxygen atoms in total. The predicted molar refractivity (Wildman–Crippen MR) is 150 cm³/mol. The number of nitro groups is 1. The van der Waals surface area contributed by atoms with Crippen LogP contribution in [0.4, 0.5) is 15.8 Å². The summed E-state index contributed by atoms with van der Waals surface area (Å²) >= 11 is 2.43. The van der Waals surface area contributed by atoms with Crippen LogP contribution in [0.25, 0.3) is 10.2 Å². The number of rotatable bonds is 8. The van der Waals surface area contributed by atoms with E-state index in [0.717, 1.165) is 16.5 Å². The largest absolute Gasteiger partial charge is 0.322 e. The molecule has 3 aromatic carbocycles. The molecule has 5 aromatic rings. The molecule has 13 heteroatoms. The summed E-state index contributed by atoms with van der Waals surface area (Å²) in [5.74, 6) is -1.63. The van der Waals surface area contributed by atoms with Crippen LogP contribution in [0.1, 0.15) is 26.3 Å². The highest BCUT2D eigenvalue weighted by atomic mass is 32.2. The first-order valence-electron chi connectivity index (χ1n) is 11.5. The number of carbonyl (C=O) groups is 2. The van der Waals surface area contributed by atoms with Crippen molar-refractivity contribution in [3.05, 3.63) is 118 Å². The molecule has 0 unspecified atom stereocenters. The topological polar surface area (TPSA) is 139 Å². The van der Waals surface area contributed by atoms with Gasteiger partial charge in [0.25, 0.3) is 17.5 Å². The molecular weight excluding hydrogens is 555 g/mol. The summed E-state index contributed by atoms with van der Waals surface area (Å²) in [5.41, 5.74) is 4.06. The van der Waals surface area contributed by atoms with Crippen LogP contribution in [0.2, 0.25) is 0 Å². The maximum Gasteiger partial charge on any atom is 0.283 e. The summed E-state index contributed by atoms with van der Waals surface area (Å²) in [5, 5.41) is 18.3. The zero-order valence-corrected chi connectivity index (χ0v) is 21.9. The zero-order valence-electron chi connectivity index (χ0n) is 20.3. The van der Waals surface area contributed by atoms with Crippen molar-refractivity contribution >= 4 is 62.7 Å². The molecule has 198 valence electrons. The second-order valence-corrected chi connectivity index (χ2v) is 10.4. The number of fused-ring (bicyclic) bond motifs is 1. The smallest absolute Gasteiger partial charge is 0.283 e. The molecule has 0 fully saturated rings. The molecule has 5 rings (SSSR count). The Balaban J connectivity index is 1.30. The van der Waals surface area contributed by atoms with Crippen molar-refractivity contribution in [3.8, 4) is 0 Å². The molecule has 0 saturated carbocycles. The van der Waals surface area contributed by atoms with Crippen LogP contribution in [-0.4, -0.2) is 32.9 Å². The van der Waals surface area contributed by atoms with Gasteiger partial charge in [0.2, 0.25) is 0 Å². The van der Waals surface area contributed by atoms with Gasteiger partial charge in [-0.1, -0.05) is 30.0 Å². The van der Waals surface area contributed by atoms with Gasteiger partial charge in [0.15, 0.2) is 4.34 Å². The van der Waals surface area contributed by atoms with E-state index in [1.807, 2.05) is 0 Å². The molecule has 0 bridgehead atoms. The highest BCUT2D eigenvalue weighted by Gasteiger charge is 2.18. The Bertz CT molecular complexity index is 1780. The summed E-state index contributed by atoms with van der Waals surface area (Å²) in [4.78, 5) is 44.6. The molecule has 40 heavy (non-hydrogen) atoms. The minimum Gasteiger partial charge on any atom is -0.322 e. The van der Waals surface area contributed by atoms with E-state index in [0.29, 0.717) is 31.6 Å². The normalized spacial score (nSPS) is 11.0. The van der Waals surface area contributed by atoms with Crippen LogP contribution in [0.3, 0.4) is 0 Å². The highest BCUT2D eigenvalue weighted by Crippen LogP contribution is 2.39. The SMILES string of the molecule is O=C(NN=Cc1ccc(Sc2nc3ccc(NC(=O)c4ccccc4F)cc3s2)c([N+](=O)[O-])c1)c1ccncc1. The molecule has 0 saturated heterocycles. The van der Waals surface area contributed by atoms with Crippen molar-refractivity contribution in [2.75, 3.05) is 5.32 Å². The van der Waals surface area contributed by atoms with Gasteiger partial charge in [-0.2, -0.15) is 5.10 Å². The number of carbonyl (C=O) groups excluding carboxylic acids is 2. The molecule has 0 spiro atoms. The van der Waals surface area contributed by atoms with Gasteiger partial charge in [-0.3, -0.25) is 24.7 Å². The van der Waals surface area contributed by atoms with Gasteiger partial charge >= 0.3 is 0 Å². The van der Waals surface area contributed by atoms with Crippen molar-refractivity contribution in [3.63, 3.8) is 0 Å². The van der Waals surface area contributed by atoms with Gasteiger partial charge in [-0.25, -0.2) is 14.8 Å². The molecule has 0 aliphatic rings. The van der Waals surface area contributed by atoms with Crippen LogP contribution < -0.4 is 10.7 Å². The minimum atomic E-state index is -0.619. The lowest BCUT2D eigenvalue weighted by Crippen LogP contribution is -2.17. The average Bonchev–Trinajstić information content (AvgIpc) is 3.35. The number of thiazole rings is 1. The van der Waals surface area contributed by atoms with Crippen LogP contribution >= 0.6 is 23.1 Å². The Labute approximate surface area is 234 Å². The van der Waals surface area contributed by atoms with Crippen LogP contribution in [0.15, 0.2) is 99.5 Å². The number of hydrogen-bond donors (Lipinski definition) is 2. The maximum atomic E-state index is 13.9. The number of nitro benzene ring substituents is 1. The van der Waals surface area contributed by atoms with Gasteiger partial charge in [0.1, 0.15) is 5.82 Å². The van der Waals surface area contributed by atoms with Crippen LogP contribution in [0.5, 0.6) is 0 Å². The standard InChI is InChI=1S/C27H17FN6O4S2/c28-20-4-2-1-3-19(20)26(36)31-18-6-7-21-24(14-18)40-27(32-21)39-23-8-5-16(13-22(23)34(37)38)15-30-33-25(35)17-9-11-29-12-10-17/h1-15H,(H,31,36)(H,33,35). The van der Waals surface area contributed by atoms with E-state index < -0.39 is 22.6 Å². The van der Waals surface area contributed by atoms with Gasteiger partial charge in [0, 0.05) is 35.3 Å². The monoisotopic (exact) mass is 572 g/mol. The second kappa shape index (κ2) is 11.8. The van der Waals surface area contributed by atoms with Crippen LogP contribution in [-0.2, 0) is 0 Å². The third-order valence-electron chi connectivity index (χ3n) is 5.44. The van der Waals surface area contributed by atoms with Crippen molar-refractivity contribution in [1.82, 2.24) is 15.4 Å². The highest BCUT2D eigenvalue weighted by molar-refractivity contribution is 8.01. The molecule has 0 aliphatic carbocycles. The van der Waals surface area contributed by atoms with Gasteiger partial charge in [-0.05, 0) is 48.5 Å². The quantitative estimate of drug-likeness (QED) is 0.134. The fraction of sp³-hybridized carbons (Fsp3) is 0. The lowest BCUT2D eigenvalue weighted by Gasteiger charge is -2.05. The first-order chi connectivity index (χ1) is 19.4. The van der Waals surface area contributed by atoms with E-state index in [2.05, 4.69) is 25.8 Å². The van der Waals surface area contributed by atoms with E-state index in [1.165, 1.54) is 66.3 Å². The number of hydrazone groups is 1. The lowest BCUT2D eigenvalue weighted by atomic mass is 10.2. The number of halogens is 1. The number of nitrogens with one attached hydrogen (secondary N) is 2. The summed E-state index contributed by atoms with van der Waals surface area (Å²) in [6.45, 7) is 0. The molecule has 2 heterocycles. The third-order valence-corrected chi connectivity index (χ3v) is 7.59. The fourth-order valence-corrected chi connectivity index (χ4v) is 5.69. The van der Waals surface area contributed by atoms with E-state index in [-0.39, 0.29) is 11.3 Å². The van der Waals surface area contributed by atoms with E-state index in [4.69, 9.17) is 0 Å². The van der Waals surface area contributed by atoms with Gasteiger partial charge in [0.05, 0.1) is 31.8 Å². The Hall–Kier alpha value is -5.01. The predicted octanol–water partition coefficient (Wildman–Crippen LogP) is 5.91. The Morgan fingerprint density at radius 1 is 1.02 bits per heavy atom. The van der Waals surface area contributed by atoms with Crippen molar-refractivity contribution < 1.29 is 18.9 Å². The van der Waals surface area contributed by atoms with Crippen molar-refractivity contribution in [2.45, 2.75) is 9.24 Å². The summed E-state index contributed by atoms with van der Waals surface area (Å²) in [6.07, 6.45) is 4.28. The van der Waals surface area contributed by atoms with E-state index in [9.17, 15) is 24.1 Å². The lowest BCUT2D eigenvalue weighted by molar-refractivity contribution is -0.387. The van der Waals surface area contributed by atoms with E-state index in [1.54, 1.807) is 36.4 Å². The molecule has 2 aromatic heterocycles. The molecule has 2 N–H and O–H groups in total. The Kier molecular flexibility index (Phi) is 7.84. The van der Waals surface area contributed by atoms with Crippen molar-refractivity contribution in [2.24, 2.45) is 5.10 Å². The summed E-state index contributed by atoms with van der Waals surface area (Å²) in [7, 11) is 0. The fourth-order valence-electron chi connectivity index (χ4n) is 3.54. The minimum absolute atomic E-state index is 0.0694. The maximum absolute atomic E-state index is 13.9. The number of hydrogen-bond acceptors (Lipinski definition) is 9. The number of amides is 2. The third kappa shape index (κ3) is 6.17. The number of aromatic nitrogens is 2. The first-order valence-corrected chi connectivity index (χ1v) is 13.2. The number of benzene rings is 3. The molecule has 0 aliphatic heterocycles. The number of nitrogens with zero attached hydrogens (tertiary/aromatic N) is 4. The van der Waals surface area contributed by atoms with Gasteiger partial charge in [-0.15, -0.1) is 11.3 Å². The first kappa shape index (κ1) is 26.6. The number of anilines is 1. The average molecular weight is 573 g/mol. The van der Waals surface area contributed by atoms with Gasteiger partial charge < -0.3 is 5.32 Å². The molecule has 0 atom stereocenters. The zero-order chi connectivity index (χ0) is 28.1. The summed E-state index contributed by atoms with van der Waals surface area (Å²) in [6, 6.07) is 18.4. The van der Waals surface area contributed by atoms with E-state index >= 15 is 0 Å². The van der Waals surface area contributed by atoms with Crippen LogP contribution in [0, 0.1) is 15.9 Å². The summed E-state index contributed by atoms with van der Waals surface area (Å²) < 4.78 is 15.2. The molecule has 0 radical (unpaired) electrons. The molecular formula is C27H17FN6O4S2. The van der Waals surface area contributed by atoms with Crippen molar-refractivity contribution in [1.29, 1.82) is 0 Å².